The summed E-state index contributed by atoms with van der Waals surface area (Å²) in [5.74, 6) is 0.278. The minimum absolute atomic E-state index is 0. The predicted molar refractivity (Wildman–Crippen MR) is 111 cm³/mol. The standard InChI is InChI=1S/C21H24F3N3O.ClH/c1-14(25)15-9-11-27(12-10-15)20(28)18-7-2-3-8-19(18)26-17-6-4-5-16(13-17)21(22,23)24;/h2-8,13-15,26H,9-12,25H2,1H3;1H. The number of para-hydroxylation sites is 1. The van der Waals surface area contributed by atoms with Gasteiger partial charge in [0.25, 0.3) is 5.91 Å². The van der Waals surface area contributed by atoms with E-state index in [0.717, 1.165) is 25.0 Å². The van der Waals surface area contributed by atoms with Crippen LogP contribution < -0.4 is 11.1 Å². The Morgan fingerprint density at radius 3 is 2.41 bits per heavy atom. The van der Waals surface area contributed by atoms with Gasteiger partial charge in [0.1, 0.15) is 0 Å². The van der Waals surface area contributed by atoms with Crippen LogP contribution in [0.5, 0.6) is 0 Å². The van der Waals surface area contributed by atoms with E-state index in [1.54, 1.807) is 35.2 Å². The maximum atomic E-state index is 13.0. The van der Waals surface area contributed by atoms with Crippen LogP contribution in [0.4, 0.5) is 24.5 Å². The normalized spacial score (nSPS) is 16.1. The first kappa shape index (κ1) is 23.0. The summed E-state index contributed by atoms with van der Waals surface area (Å²) in [7, 11) is 0. The second-order valence-corrected chi connectivity index (χ2v) is 7.24. The molecule has 4 nitrogen and oxygen atoms in total. The molecule has 1 aliphatic heterocycles. The number of carbonyl (C=O) groups is 1. The van der Waals surface area contributed by atoms with Gasteiger partial charge in [-0.3, -0.25) is 4.79 Å². The van der Waals surface area contributed by atoms with Crippen molar-refractivity contribution in [1.29, 1.82) is 0 Å². The number of hydrogen-bond donors (Lipinski definition) is 2. The van der Waals surface area contributed by atoms with Crippen LogP contribution >= 0.6 is 12.4 Å². The third kappa shape index (κ3) is 5.64. The van der Waals surface area contributed by atoms with E-state index in [9.17, 15) is 18.0 Å². The Labute approximate surface area is 174 Å². The maximum absolute atomic E-state index is 13.0. The molecule has 3 rings (SSSR count). The number of likely N-dealkylation sites (tertiary alicyclic amines) is 1. The molecule has 2 aromatic rings. The predicted octanol–water partition coefficient (Wildman–Crippen LogP) is 5.07. The minimum Gasteiger partial charge on any atom is -0.355 e. The third-order valence-electron chi connectivity index (χ3n) is 5.20. The molecule has 1 unspecified atom stereocenters. The second kappa shape index (κ2) is 9.50. The van der Waals surface area contributed by atoms with Crippen molar-refractivity contribution in [1.82, 2.24) is 4.90 Å². The number of halogens is 4. The summed E-state index contributed by atoms with van der Waals surface area (Å²) in [5.41, 5.74) is 6.44. The average Bonchev–Trinajstić information content (AvgIpc) is 2.67. The molecule has 1 amide bonds. The molecule has 1 atom stereocenters. The van der Waals surface area contributed by atoms with Crippen molar-refractivity contribution in [2.75, 3.05) is 18.4 Å². The largest absolute Gasteiger partial charge is 0.416 e. The zero-order chi connectivity index (χ0) is 20.3. The first-order valence-corrected chi connectivity index (χ1v) is 9.34. The number of amides is 1. The smallest absolute Gasteiger partial charge is 0.355 e. The Kier molecular flexibility index (Phi) is 7.54. The van der Waals surface area contributed by atoms with Crippen LogP contribution in [0.3, 0.4) is 0 Å². The molecule has 0 spiro atoms. The number of alkyl halides is 3. The van der Waals surface area contributed by atoms with Crippen molar-refractivity contribution in [2.45, 2.75) is 32.0 Å². The molecule has 1 heterocycles. The van der Waals surface area contributed by atoms with E-state index in [2.05, 4.69) is 5.32 Å². The monoisotopic (exact) mass is 427 g/mol. The summed E-state index contributed by atoms with van der Waals surface area (Å²) in [6.45, 7) is 3.24. The summed E-state index contributed by atoms with van der Waals surface area (Å²) in [4.78, 5) is 14.8. The van der Waals surface area contributed by atoms with Crippen LogP contribution in [-0.2, 0) is 6.18 Å². The van der Waals surface area contributed by atoms with Gasteiger partial charge in [0, 0.05) is 24.8 Å². The van der Waals surface area contributed by atoms with Gasteiger partial charge in [-0.05, 0) is 56.0 Å². The zero-order valence-corrected chi connectivity index (χ0v) is 16.9. The number of rotatable bonds is 4. The van der Waals surface area contributed by atoms with E-state index in [0.29, 0.717) is 30.3 Å². The molecule has 0 saturated carbocycles. The number of carbonyl (C=O) groups excluding carboxylic acids is 1. The van der Waals surface area contributed by atoms with Gasteiger partial charge in [-0.25, -0.2) is 0 Å². The fourth-order valence-corrected chi connectivity index (χ4v) is 3.51. The van der Waals surface area contributed by atoms with Crippen molar-refractivity contribution >= 4 is 29.7 Å². The molecule has 0 bridgehead atoms. The lowest BCUT2D eigenvalue weighted by atomic mass is 9.90. The van der Waals surface area contributed by atoms with Crippen LogP contribution in [0.25, 0.3) is 0 Å². The average molecular weight is 428 g/mol. The van der Waals surface area contributed by atoms with Gasteiger partial charge in [0.05, 0.1) is 16.8 Å². The molecule has 158 valence electrons. The first-order valence-electron chi connectivity index (χ1n) is 9.34. The lowest BCUT2D eigenvalue weighted by Crippen LogP contribution is -2.42. The summed E-state index contributed by atoms with van der Waals surface area (Å²) in [6, 6.07) is 11.9. The van der Waals surface area contributed by atoms with Gasteiger partial charge in [-0.2, -0.15) is 13.2 Å². The topological polar surface area (TPSA) is 58.4 Å². The molecular weight excluding hydrogens is 403 g/mol. The highest BCUT2D eigenvalue weighted by molar-refractivity contribution is 6.00. The fraction of sp³-hybridized carbons (Fsp3) is 0.381. The van der Waals surface area contributed by atoms with E-state index in [1.807, 2.05) is 6.92 Å². The number of benzene rings is 2. The van der Waals surface area contributed by atoms with Crippen molar-refractivity contribution in [2.24, 2.45) is 11.7 Å². The SMILES string of the molecule is CC(N)C1CCN(C(=O)c2ccccc2Nc2cccc(C(F)(F)F)c2)CC1.Cl. The van der Waals surface area contributed by atoms with E-state index >= 15 is 0 Å². The van der Waals surface area contributed by atoms with Crippen LogP contribution in [0.2, 0.25) is 0 Å². The number of hydrogen-bond acceptors (Lipinski definition) is 3. The molecule has 1 fully saturated rings. The van der Waals surface area contributed by atoms with Crippen LogP contribution in [-0.4, -0.2) is 29.9 Å². The molecule has 0 aliphatic carbocycles. The van der Waals surface area contributed by atoms with Gasteiger partial charge in [0.15, 0.2) is 0 Å². The molecule has 0 radical (unpaired) electrons. The highest BCUT2D eigenvalue weighted by Crippen LogP contribution is 2.32. The Balaban J connectivity index is 0.00000300. The van der Waals surface area contributed by atoms with Gasteiger partial charge >= 0.3 is 6.18 Å². The van der Waals surface area contributed by atoms with Crippen molar-refractivity contribution in [3.05, 3.63) is 59.7 Å². The number of nitrogens with zero attached hydrogens (tertiary/aromatic N) is 1. The molecule has 3 N–H and O–H groups in total. The molecule has 0 aromatic heterocycles. The molecule has 1 aliphatic rings. The van der Waals surface area contributed by atoms with E-state index < -0.39 is 11.7 Å². The highest BCUT2D eigenvalue weighted by atomic mass is 35.5. The van der Waals surface area contributed by atoms with E-state index in [1.165, 1.54) is 6.07 Å². The maximum Gasteiger partial charge on any atom is 0.416 e. The Hall–Kier alpha value is -2.25. The van der Waals surface area contributed by atoms with Crippen LogP contribution in [0.1, 0.15) is 35.7 Å². The summed E-state index contributed by atoms with van der Waals surface area (Å²) in [5, 5.41) is 2.96. The molecular formula is C21H25ClF3N3O. The van der Waals surface area contributed by atoms with Crippen molar-refractivity contribution in [3.8, 4) is 0 Å². The number of nitrogens with two attached hydrogens (primary N) is 1. The van der Waals surface area contributed by atoms with Crippen molar-refractivity contribution < 1.29 is 18.0 Å². The third-order valence-corrected chi connectivity index (χ3v) is 5.20. The molecule has 1 saturated heterocycles. The lowest BCUT2D eigenvalue weighted by Gasteiger charge is -2.34. The summed E-state index contributed by atoms with van der Waals surface area (Å²) >= 11 is 0. The molecule has 29 heavy (non-hydrogen) atoms. The van der Waals surface area contributed by atoms with Gasteiger partial charge in [-0.15, -0.1) is 12.4 Å². The zero-order valence-electron chi connectivity index (χ0n) is 16.1. The Morgan fingerprint density at radius 2 is 1.79 bits per heavy atom. The van der Waals surface area contributed by atoms with E-state index in [-0.39, 0.29) is 30.0 Å². The molecule has 8 heteroatoms. The van der Waals surface area contributed by atoms with Crippen LogP contribution in [0.15, 0.2) is 48.5 Å². The van der Waals surface area contributed by atoms with Crippen LogP contribution in [0, 0.1) is 5.92 Å². The fourth-order valence-electron chi connectivity index (χ4n) is 3.51. The Morgan fingerprint density at radius 1 is 1.14 bits per heavy atom. The lowest BCUT2D eigenvalue weighted by molar-refractivity contribution is -0.137. The summed E-state index contributed by atoms with van der Waals surface area (Å²) in [6.07, 6.45) is -2.71. The quantitative estimate of drug-likeness (QED) is 0.716. The summed E-state index contributed by atoms with van der Waals surface area (Å²) < 4.78 is 38.8. The molecule has 2 aromatic carbocycles. The highest BCUT2D eigenvalue weighted by Gasteiger charge is 2.30. The van der Waals surface area contributed by atoms with Crippen molar-refractivity contribution in [3.63, 3.8) is 0 Å². The van der Waals surface area contributed by atoms with E-state index in [4.69, 9.17) is 5.73 Å². The number of piperidine rings is 1. The Bertz CT molecular complexity index is 834. The number of nitrogens with one attached hydrogen (secondary N) is 1. The van der Waals surface area contributed by atoms with Gasteiger partial charge in [0.2, 0.25) is 0 Å². The minimum atomic E-state index is -4.42. The first-order chi connectivity index (χ1) is 13.3. The van der Waals surface area contributed by atoms with Gasteiger partial charge in [-0.1, -0.05) is 18.2 Å². The number of anilines is 2. The second-order valence-electron chi connectivity index (χ2n) is 7.24. The van der Waals surface area contributed by atoms with Gasteiger partial charge < -0.3 is 16.0 Å².